The predicted molar refractivity (Wildman–Crippen MR) is 71.7 cm³/mol. The molecule has 0 saturated heterocycles. The van der Waals surface area contributed by atoms with Crippen molar-refractivity contribution in [3.05, 3.63) is 24.3 Å². The van der Waals surface area contributed by atoms with Crippen LogP contribution in [-0.2, 0) is 0 Å². The standard InChI is InChI=1S/C13H19NO2S/c1-4-10(2)9-17-12-8-6-5-7-11(12)16-13(15)14-3/h5-8,10H,4,9H2,1-3H3,(H,14,15). The van der Waals surface area contributed by atoms with E-state index in [0.29, 0.717) is 11.7 Å². The monoisotopic (exact) mass is 253 g/mol. The molecule has 0 aromatic heterocycles. The van der Waals surface area contributed by atoms with E-state index in [1.807, 2.05) is 24.3 Å². The number of benzene rings is 1. The number of carbonyl (C=O) groups excluding carboxylic acids is 1. The molecule has 0 spiro atoms. The number of thioether (sulfide) groups is 1. The zero-order valence-corrected chi connectivity index (χ0v) is 11.3. The molecule has 1 aromatic rings. The van der Waals surface area contributed by atoms with E-state index in [9.17, 15) is 4.79 Å². The fourth-order valence-electron chi connectivity index (χ4n) is 1.15. The molecule has 0 fully saturated rings. The number of hydrogen-bond acceptors (Lipinski definition) is 3. The number of hydrogen-bond donors (Lipinski definition) is 1. The number of para-hydroxylation sites is 1. The minimum Gasteiger partial charge on any atom is -0.409 e. The molecule has 0 bridgehead atoms. The molecule has 0 heterocycles. The number of carbonyl (C=O) groups is 1. The van der Waals surface area contributed by atoms with Crippen molar-refractivity contribution >= 4 is 17.9 Å². The highest BCUT2D eigenvalue weighted by molar-refractivity contribution is 7.99. The maximum atomic E-state index is 11.2. The highest BCUT2D eigenvalue weighted by atomic mass is 32.2. The predicted octanol–water partition coefficient (Wildman–Crippen LogP) is 3.54. The number of nitrogens with one attached hydrogen (secondary N) is 1. The van der Waals surface area contributed by atoms with Gasteiger partial charge in [-0.05, 0) is 18.1 Å². The first-order valence-corrected chi connectivity index (χ1v) is 6.77. The largest absolute Gasteiger partial charge is 0.412 e. The topological polar surface area (TPSA) is 38.3 Å². The summed E-state index contributed by atoms with van der Waals surface area (Å²) in [6.45, 7) is 4.40. The summed E-state index contributed by atoms with van der Waals surface area (Å²) in [4.78, 5) is 12.2. The van der Waals surface area contributed by atoms with E-state index < -0.39 is 6.09 Å². The van der Waals surface area contributed by atoms with Crippen LogP contribution < -0.4 is 10.1 Å². The average molecular weight is 253 g/mol. The molecule has 1 atom stereocenters. The van der Waals surface area contributed by atoms with Crippen LogP contribution in [0.5, 0.6) is 5.75 Å². The summed E-state index contributed by atoms with van der Waals surface area (Å²) in [6.07, 6.45) is 0.729. The van der Waals surface area contributed by atoms with Crippen LogP contribution in [0.4, 0.5) is 4.79 Å². The lowest BCUT2D eigenvalue weighted by Gasteiger charge is -2.11. The molecule has 0 aliphatic heterocycles. The Bertz CT molecular complexity index is 368. The maximum absolute atomic E-state index is 11.2. The fraction of sp³-hybridized carbons (Fsp3) is 0.462. The third-order valence-corrected chi connectivity index (χ3v) is 3.86. The summed E-state index contributed by atoms with van der Waals surface area (Å²) < 4.78 is 5.19. The second-order valence-corrected chi connectivity index (χ2v) is 4.97. The minimum atomic E-state index is -0.429. The van der Waals surface area contributed by atoms with E-state index in [-0.39, 0.29) is 0 Å². The second-order valence-electron chi connectivity index (χ2n) is 3.91. The molecule has 1 aromatic carbocycles. The van der Waals surface area contributed by atoms with Gasteiger partial charge in [-0.1, -0.05) is 32.4 Å². The highest BCUT2D eigenvalue weighted by Crippen LogP contribution is 2.30. The van der Waals surface area contributed by atoms with Gasteiger partial charge in [-0.15, -0.1) is 11.8 Å². The number of rotatable bonds is 5. The first-order chi connectivity index (χ1) is 8.17. The zero-order valence-electron chi connectivity index (χ0n) is 10.5. The maximum Gasteiger partial charge on any atom is 0.412 e. The van der Waals surface area contributed by atoms with E-state index in [1.165, 1.54) is 0 Å². The lowest BCUT2D eigenvalue weighted by molar-refractivity contribution is 0.202. The molecular weight excluding hydrogens is 234 g/mol. The van der Waals surface area contributed by atoms with Crippen LogP contribution in [0.2, 0.25) is 0 Å². The van der Waals surface area contributed by atoms with Crippen molar-refractivity contribution in [2.24, 2.45) is 5.92 Å². The van der Waals surface area contributed by atoms with Crippen LogP contribution in [-0.4, -0.2) is 18.9 Å². The van der Waals surface area contributed by atoms with Gasteiger partial charge in [0.1, 0.15) is 5.75 Å². The third-order valence-electron chi connectivity index (χ3n) is 2.48. The molecule has 0 saturated carbocycles. The van der Waals surface area contributed by atoms with Crippen LogP contribution in [0.25, 0.3) is 0 Å². The van der Waals surface area contributed by atoms with E-state index in [0.717, 1.165) is 17.1 Å². The Hall–Kier alpha value is -1.16. The molecule has 1 rings (SSSR count). The van der Waals surface area contributed by atoms with Crippen molar-refractivity contribution in [1.29, 1.82) is 0 Å². The van der Waals surface area contributed by atoms with Crippen molar-refractivity contribution in [3.8, 4) is 5.75 Å². The molecule has 4 heteroatoms. The first kappa shape index (κ1) is 13.9. The lowest BCUT2D eigenvalue weighted by Crippen LogP contribution is -2.22. The van der Waals surface area contributed by atoms with Crippen LogP contribution in [0.3, 0.4) is 0 Å². The number of amides is 1. The Morgan fingerprint density at radius 3 is 2.82 bits per heavy atom. The summed E-state index contributed by atoms with van der Waals surface area (Å²) in [7, 11) is 1.55. The van der Waals surface area contributed by atoms with Crippen molar-refractivity contribution in [2.45, 2.75) is 25.2 Å². The van der Waals surface area contributed by atoms with Gasteiger partial charge in [-0.2, -0.15) is 0 Å². The van der Waals surface area contributed by atoms with Gasteiger partial charge in [0.25, 0.3) is 0 Å². The van der Waals surface area contributed by atoms with Gasteiger partial charge in [0.05, 0.1) is 4.90 Å². The molecule has 1 amide bonds. The van der Waals surface area contributed by atoms with Crippen LogP contribution >= 0.6 is 11.8 Å². The summed E-state index contributed by atoms with van der Waals surface area (Å²) >= 11 is 1.73. The van der Waals surface area contributed by atoms with Crippen LogP contribution in [0.1, 0.15) is 20.3 Å². The smallest absolute Gasteiger partial charge is 0.409 e. The van der Waals surface area contributed by atoms with Gasteiger partial charge in [-0.25, -0.2) is 4.79 Å². The van der Waals surface area contributed by atoms with Crippen molar-refractivity contribution in [1.82, 2.24) is 5.32 Å². The van der Waals surface area contributed by atoms with Crippen molar-refractivity contribution < 1.29 is 9.53 Å². The Morgan fingerprint density at radius 1 is 1.47 bits per heavy atom. The molecular formula is C13H19NO2S. The van der Waals surface area contributed by atoms with Gasteiger partial charge in [0, 0.05) is 12.8 Å². The number of ether oxygens (including phenoxy) is 1. The van der Waals surface area contributed by atoms with E-state index >= 15 is 0 Å². The van der Waals surface area contributed by atoms with Gasteiger partial charge in [-0.3, -0.25) is 0 Å². The van der Waals surface area contributed by atoms with Crippen LogP contribution in [0, 0.1) is 5.92 Å². The molecule has 94 valence electrons. The summed E-state index contributed by atoms with van der Waals surface area (Å²) in [5.74, 6) is 2.32. The van der Waals surface area contributed by atoms with Crippen molar-refractivity contribution in [3.63, 3.8) is 0 Å². The Balaban J connectivity index is 2.67. The second kappa shape index (κ2) is 7.22. The van der Waals surface area contributed by atoms with Gasteiger partial charge < -0.3 is 10.1 Å². The summed E-state index contributed by atoms with van der Waals surface area (Å²) in [6, 6.07) is 7.61. The third kappa shape index (κ3) is 4.69. The normalized spacial score (nSPS) is 11.9. The molecule has 1 unspecified atom stereocenters. The molecule has 0 aliphatic carbocycles. The fourth-order valence-corrected chi connectivity index (χ4v) is 2.28. The lowest BCUT2D eigenvalue weighted by atomic mass is 10.2. The molecule has 3 nitrogen and oxygen atoms in total. The molecule has 0 aliphatic rings. The van der Waals surface area contributed by atoms with E-state index in [1.54, 1.807) is 18.8 Å². The highest BCUT2D eigenvalue weighted by Gasteiger charge is 2.08. The molecule has 17 heavy (non-hydrogen) atoms. The van der Waals surface area contributed by atoms with E-state index in [4.69, 9.17) is 4.74 Å². The quantitative estimate of drug-likeness (QED) is 0.816. The minimum absolute atomic E-state index is 0.429. The Morgan fingerprint density at radius 2 is 2.18 bits per heavy atom. The van der Waals surface area contributed by atoms with Gasteiger partial charge >= 0.3 is 6.09 Å². The summed E-state index contributed by atoms with van der Waals surface area (Å²) in [5, 5.41) is 2.45. The molecule has 0 radical (unpaired) electrons. The van der Waals surface area contributed by atoms with Crippen molar-refractivity contribution in [2.75, 3.05) is 12.8 Å². The van der Waals surface area contributed by atoms with Gasteiger partial charge in [0.2, 0.25) is 0 Å². The van der Waals surface area contributed by atoms with Gasteiger partial charge in [0.15, 0.2) is 0 Å². The summed E-state index contributed by atoms with van der Waals surface area (Å²) in [5.41, 5.74) is 0. The van der Waals surface area contributed by atoms with E-state index in [2.05, 4.69) is 19.2 Å². The molecule has 1 N–H and O–H groups in total. The Labute approximate surface area is 107 Å². The Kier molecular flexibility index (Phi) is 5.91. The van der Waals surface area contributed by atoms with Crippen LogP contribution in [0.15, 0.2) is 29.2 Å². The SMILES string of the molecule is CCC(C)CSc1ccccc1OC(=O)NC. The zero-order chi connectivity index (χ0) is 12.7. The average Bonchev–Trinajstić information content (AvgIpc) is 2.37. The first-order valence-electron chi connectivity index (χ1n) is 5.78.